The molecule has 0 fully saturated rings. The third kappa shape index (κ3) is 4.88. The number of hydrogen-bond donors (Lipinski definition) is 2. The lowest BCUT2D eigenvalue weighted by atomic mass is 9.94. The van der Waals surface area contributed by atoms with Gasteiger partial charge in [0.1, 0.15) is 0 Å². The van der Waals surface area contributed by atoms with Gasteiger partial charge in [0.25, 0.3) is 0 Å². The highest BCUT2D eigenvalue weighted by Gasteiger charge is 2.26. The molecular weight excluding hydrogens is 282 g/mol. The van der Waals surface area contributed by atoms with Crippen molar-refractivity contribution in [2.24, 2.45) is 5.41 Å². The van der Waals surface area contributed by atoms with E-state index in [-0.39, 0.29) is 0 Å². The van der Waals surface area contributed by atoms with Gasteiger partial charge in [0, 0.05) is 11.0 Å². The maximum absolute atomic E-state index is 10.9. The summed E-state index contributed by atoms with van der Waals surface area (Å²) in [6.07, 6.45) is 0.898. The van der Waals surface area contributed by atoms with E-state index in [1.165, 1.54) is 5.56 Å². The summed E-state index contributed by atoms with van der Waals surface area (Å²) in [6, 6.07) is 8.13. The van der Waals surface area contributed by atoms with E-state index in [9.17, 15) is 4.79 Å². The van der Waals surface area contributed by atoms with Crippen LogP contribution in [0.2, 0.25) is 0 Å². The Balaban J connectivity index is 2.32. The summed E-state index contributed by atoms with van der Waals surface area (Å²) < 4.78 is 1.07. The smallest absolute Gasteiger partial charge is 0.310 e. The Hall–Kier alpha value is -0.870. The largest absolute Gasteiger partial charge is 0.481 e. The van der Waals surface area contributed by atoms with Gasteiger partial charge in [0.05, 0.1) is 5.41 Å². The van der Waals surface area contributed by atoms with Gasteiger partial charge >= 0.3 is 5.97 Å². The minimum absolute atomic E-state index is 0.482. The molecule has 0 saturated heterocycles. The van der Waals surface area contributed by atoms with Crippen molar-refractivity contribution in [1.82, 2.24) is 5.32 Å². The van der Waals surface area contributed by atoms with Crippen LogP contribution < -0.4 is 5.32 Å². The SMILES string of the molecule is CC(C)(CNCCc1cccc(Br)c1)C(=O)O. The van der Waals surface area contributed by atoms with Crippen molar-refractivity contribution in [3.05, 3.63) is 34.3 Å². The predicted molar refractivity (Wildman–Crippen MR) is 72.1 cm³/mol. The van der Waals surface area contributed by atoms with Crippen LogP contribution in [-0.4, -0.2) is 24.2 Å². The number of rotatable bonds is 6. The number of aliphatic carboxylic acids is 1. The molecule has 3 nitrogen and oxygen atoms in total. The third-order valence-corrected chi connectivity index (χ3v) is 3.12. The standard InChI is InChI=1S/C13H18BrNO2/c1-13(2,12(16)17)9-15-7-6-10-4-3-5-11(14)8-10/h3-5,8,15H,6-7,9H2,1-2H3,(H,16,17). The predicted octanol–water partition coefficient (Wildman–Crippen LogP) is 2.69. The number of carboxylic acids is 1. The van der Waals surface area contributed by atoms with E-state index in [1.807, 2.05) is 12.1 Å². The molecule has 0 bridgehead atoms. The summed E-state index contributed by atoms with van der Waals surface area (Å²) in [6.45, 7) is 4.71. The Bertz CT molecular complexity index is 391. The second kappa shape index (κ2) is 6.17. The zero-order chi connectivity index (χ0) is 12.9. The Morgan fingerprint density at radius 3 is 2.76 bits per heavy atom. The molecule has 0 aromatic heterocycles. The van der Waals surface area contributed by atoms with Gasteiger partial charge in [-0.15, -0.1) is 0 Å². The first-order valence-corrected chi connectivity index (χ1v) is 6.40. The quantitative estimate of drug-likeness (QED) is 0.794. The molecule has 0 spiro atoms. The number of hydrogen-bond acceptors (Lipinski definition) is 2. The monoisotopic (exact) mass is 299 g/mol. The Morgan fingerprint density at radius 2 is 2.18 bits per heavy atom. The van der Waals surface area contributed by atoms with E-state index >= 15 is 0 Å². The van der Waals surface area contributed by atoms with Gasteiger partial charge in [-0.1, -0.05) is 28.1 Å². The molecule has 0 aliphatic carbocycles. The first-order chi connectivity index (χ1) is 7.92. The van der Waals surface area contributed by atoms with Crippen LogP contribution in [0.1, 0.15) is 19.4 Å². The molecule has 0 saturated carbocycles. The van der Waals surface area contributed by atoms with Crippen molar-refractivity contribution >= 4 is 21.9 Å². The summed E-state index contributed by atoms with van der Waals surface area (Å²) >= 11 is 3.42. The van der Waals surface area contributed by atoms with E-state index < -0.39 is 11.4 Å². The zero-order valence-corrected chi connectivity index (χ0v) is 11.8. The van der Waals surface area contributed by atoms with Gasteiger partial charge in [-0.2, -0.15) is 0 Å². The van der Waals surface area contributed by atoms with Gasteiger partial charge in [-0.05, 0) is 44.5 Å². The fourth-order valence-corrected chi connectivity index (χ4v) is 1.85. The first-order valence-electron chi connectivity index (χ1n) is 5.60. The fraction of sp³-hybridized carbons (Fsp3) is 0.462. The maximum atomic E-state index is 10.9. The molecule has 4 heteroatoms. The average Bonchev–Trinajstić information content (AvgIpc) is 2.24. The zero-order valence-electron chi connectivity index (χ0n) is 10.2. The summed E-state index contributed by atoms with van der Waals surface area (Å²) in [5.74, 6) is -0.771. The van der Waals surface area contributed by atoms with Gasteiger partial charge < -0.3 is 10.4 Å². The van der Waals surface area contributed by atoms with Gasteiger partial charge in [-0.3, -0.25) is 4.79 Å². The van der Waals surface area contributed by atoms with Crippen LogP contribution in [0.15, 0.2) is 28.7 Å². The molecule has 0 aliphatic rings. The highest BCUT2D eigenvalue weighted by molar-refractivity contribution is 9.10. The van der Waals surface area contributed by atoms with Crippen LogP contribution in [-0.2, 0) is 11.2 Å². The molecule has 0 heterocycles. The molecule has 1 aromatic rings. The highest BCUT2D eigenvalue weighted by Crippen LogP contribution is 2.14. The average molecular weight is 300 g/mol. The van der Waals surface area contributed by atoms with Gasteiger partial charge in [-0.25, -0.2) is 0 Å². The van der Waals surface area contributed by atoms with E-state index in [0.717, 1.165) is 17.4 Å². The minimum Gasteiger partial charge on any atom is -0.481 e. The van der Waals surface area contributed by atoms with Crippen LogP contribution in [0, 0.1) is 5.41 Å². The maximum Gasteiger partial charge on any atom is 0.310 e. The van der Waals surface area contributed by atoms with Crippen molar-refractivity contribution in [3.8, 4) is 0 Å². The summed E-state index contributed by atoms with van der Waals surface area (Å²) in [4.78, 5) is 10.9. The Kier molecular flexibility index (Phi) is 5.15. The molecule has 94 valence electrons. The lowest BCUT2D eigenvalue weighted by Gasteiger charge is -2.19. The summed E-state index contributed by atoms with van der Waals surface area (Å²) in [7, 11) is 0. The van der Waals surface area contributed by atoms with E-state index in [4.69, 9.17) is 5.11 Å². The second-order valence-corrected chi connectivity index (χ2v) is 5.66. The fourth-order valence-electron chi connectivity index (χ4n) is 1.40. The molecule has 0 radical (unpaired) electrons. The number of nitrogens with one attached hydrogen (secondary N) is 1. The van der Waals surface area contributed by atoms with Crippen molar-refractivity contribution < 1.29 is 9.90 Å². The van der Waals surface area contributed by atoms with Crippen LogP contribution in [0.4, 0.5) is 0 Å². The van der Waals surface area contributed by atoms with Crippen molar-refractivity contribution in [1.29, 1.82) is 0 Å². The minimum atomic E-state index is -0.771. The number of carboxylic acid groups (broad SMARTS) is 1. The number of benzene rings is 1. The van der Waals surface area contributed by atoms with Crippen LogP contribution >= 0.6 is 15.9 Å². The lowest BCUT2D eigenvalue weighted by molar-refractivity contribution is -0.146. The van der Waals surface area contributed by atoms with Crippen LogP contribution in [0.25, 0.3) is 0 Å². The lowest BCUT2D eigenvalue weighted by Crippen LogP contribution is -2.36. The molecule has 0 aliphatic heterocycles. The van der Waals surface area contributed by atoms with Crippen molar-refractivity contribution in [2.45, 2.75) is 20.3 Å². The highest BCUT2D eigenvalue weighted by atomic mass is 79.9. The molecular formula is C13H18BrNO2. The van der Waals surface area contributed by atoms with Gasteiger partial charge in [0.15, 0.2) is 0 Å². The molecule has 17 heavy (non-hydrogen) atoms. The molecule has 0 unspecified atom stereocenters. The summed E-state index contributed by atoms with van der Waals surface area (Å²) in [5.41, 5.74) is 0.525. The van der Waals surface area contributed by atoms with Crippen LogP contribution in [0.5, 0.6) is 0 Å². The van der Waals surface area contributed by atoms with Crippen molar-refractivity contribution in [3.63, 3.8) is 0 Å². The summed E-state index contributed by atoms with van der Waals surface area (Å²) in [5, 5.41) is 12.1. The molecule has 1 rings (SSSR count). The van der Waals surface area contributed by atoms with Crippen LogP contribution in [0.3, 0.4) is 0 Å². The first kappa shape index (κ1) is 14.2. The van der Waals surface area contributed by atoms with E-state index in [2.05, 4.69) is 33.4 Å². The molecule has 1 aromatic carbocycles. The normalized spacial score (nSPS) is 11.5. The Labute approximate surface area is 110 Å². The van der Waals surface area contributed by atoms with Crippen molar-refractivity contribution in [2.75, 3.05) is 13.1 Å². The number of carbonyl (C=O) groups is 1. The third-order valence-electron chi connectivity index (χ3n) is 2.63. The molecule has 0 amide bonds. The molecule has 2 N–H and O–H groups in total. The topological polar surface area (TPSA) is 49.3 Å². The Morgan fingerprint density at radius 1 is 1.47 bits per heavy atom. The van der Waals surface area contributed by atoms with E-state index in [1.54, 1.807) is 13.8 Å². The van der Waals surface area contributed by atoms with Gasteiger partial charge in [0.2, 0.25) is 0 Å². The van der Waals surface area contributed by atoms with E-state index in [0.29, 0.717) is 6.54 Å². The number of halogens is 1. The molecule has 0 atom stereocenters. The second-order valence-electron chi connectivity index (χ2n) is 4.75.